The minimum absolute atomic E-state index is 0.0883. The van der Waals surface area contributed by atoms with Crippen LogP contribution >= 0.6 is 0 Å². The number of nitrogens with one attached hydrogen (secondary N) is 1. The van der Waals surface area contributed by atoms with Crippen LogP contribution in [-0.2, 0) is 9.53 Å². The van der Waals surface area contributed by atoms with E-state index in [9.17, 15) is 19.8 Å². The molecule has 0 spiro atoms. The first kappa shape index (κ1) is 24.2. The van der Waals surface area contributed by atoms with Crippen LogP contribution in [-0.4, -0.2) is 52.7 Å². The second-order valence-corrected chi connectivity index (χ2v) is 9.28. The summed E-state index contributed by atoms with van der Waals surface area (Å²) in [4.78, 5) is 24.0. The van der Waals surface area contributed by atoms with Crippen LogP contribution in [0.1, 0.15) is 55.6 Å². The highest BCUT2D eigenvalue weighted by molar-refractivity contribution is 5.79. The number of hydrogen-bond donors (Lipinski definition) is 4. The maximum Gasteiger partial charge on any atom is 0.421 e. The number of carboxylic acid groups (broad SMARTS) is 1. The molecule has 0 aliphatic heterocycles. The van der Waals surface area contributed by atoms with Crippen LogP contribution in [0.15, 0.2) is 48.5 Å². The van der Waals surface area contributed by atoms with Crippen LogP contribution in [0.3, 0.4) is 0 Å². The van der Waals surface area contributed by atoms with E-state index in [0.29, 0.717) is 12.3 Å². The lowest BCUT2D eigenvalue weighted by molar-refractivity contribution is -0.144. The molecule has 5 N–H and O–H groups in total. The van der Waals surface area contributed by atoms with E-state index in [-0.39, 0.29) is 12.5 Å². The number of hydrazine groups is 1. The van der Waals surface area contributed by atoms with E-state index in [2.05, 4.69) is 5.43 Å². The molecule has 1 amide bonds. The Kier molecular flexibility index (Phi) is 7.82. The molecule has 0 saturated heterocycles. The van der Waals surface area contributed by atoms with E-state index in [1.165, 1.54) is 6.42 Å². The van der Waals surface area contributed by atoms with Gasteiger partial charge in [-0.25, -0.2) is 4.79 Å². The fraction of sp³-hybridized carbons (Fsp3) is 0.462. The van der Waals surface area contributed by atoms with Gasteiger partial charge in [-0.1, -0.05) is 80.6 Å². The number of carbonyl (C=O) groups is 2. The van der Waals surface area contributed by atoms with Gasteiger partial charge in [0.15, 0.2) is 0 Å². The normalized spacial score (nSPS) is 17.6. The topological polar surface area (TPSA) is 125 Å². The van der Waals surface area contributed by atoms with Crippen LogP contribution in [0.4, 0.5) is 4.79 Å². The molecule has 0 aromatic heterocycles. The van der Waals surface area contributed by atoms with Crippen molar-refractivity contribution in [3.8, 4) is 11.1 Å². The van der Waals surface area contributed by atoms with Gasteiger partial charge in [-0.3, -0.25) is 10.2 Å². The van der Waals surface area contributed by atoms with Crippen molar-refractivity contribution >= 4 is 12.1 Å². The summed E-state index contributed by atoms with van der Waals surface area (Å²) in [5.41, 5.74) is 13.0. The van der Waals surface area contributed by atoms with Gasteiger partial charge < -0.3 is 20.7 Å². The zero-order valence-electron chi connectivity index (χ0n) is 19.2. The Bertz CT molecular complexity index is 962. The fourth-order valence-corrected chi connectivity index (χ4v) is 5.25. The maximum atomic E-state index is 12.6. The number of amides is 1. The van der Waals surface area contributed by atoms with Crippen molar-refractivity contribution in [2.75, 3.05) is 13.2 Å². The van der Waals surface area contributed by atoms with Crippen LogP contribution in [0.25, 0.3) is 11.1 Å². The van der Waals surface area contributed by atoms with Gasteiger partial charge in [0.2, 0.25) is 0 Å². The SMILES string of the molecule is N[C@@H](CC1CCCCC1)C(O)N(CC(=O)O)NC(=O)OCC1c2ccccc2-c2ccccc21. The lowest BCUT2D eigenvalue weighted by atomic mass is 9.84. The van der Waals surface area contributed by atoms with E-state index >= 15 is 0 Å². The van der Waals surface area contributed by atoms with Gasteiger partial charge in [0, 0.05) is 12.0 Å². The molecule has 0 bridgehead atoms. The van der Waals surface area contributed by atoms with Gasteiger partial charge in [-0.05, 0) is 34.6 Å². The molecule has 8 heteroatoms. The summed E-state index contributed by atoms with van der Waals surface area (Å²) in [6.07, 6.45) is 4.02. The highest BCUT2D eigenvalue weighted by Crippen LogP contribution is 2.44. The zero-order valence-corrected chi connectivity index (χ0v) is 19.2. The smallest absolute Gasteiger partial charge is 0.421 e. The summed E-state index contributed by atoms with van der Waals surface area (Å²) < 4.78 is 5.50. The number of benzene rings is 2. The number of aliphatic carboxylic acids is 1. The molecule has 8 nitrogen and oxygen atoms in total. The van der Waals surface area contributed by atoms with Crippen molar-refractivity contribution < 1.29 is 24.5 Å². The lowest BCUT2D eigenvalue weighted by Crippen LogP contribution is -2.57. The first-order chi connectivity index (χ1) is 16.4. The average molecular weight is 468 g/mol. The Morgan fingerprint density at radius 1 is 1.03 bits per heavy atom. The van der Waals surface area contributed by atoms with Gasteiger partial charge in [0.1, 0.15) is 19.4 Å². The predicted octanol–water partition coefficient (Wildman–Crippen LogP) is 3.44. The Morgan fingerprint density at radius 3 is 2.21 bits per heavy atom. The molecular weight excluding hydrogens is 434 g/mol. The summed E-state index contributed by atoms with van der Waals surface area (Å²) in [6.45, 7) is -0.505. The number of aliphatic hydroxyl groups is 1. The van der Waals surface area contributed by atoms with Gasteiger partial charge >= 0.3 is 12.1 Å². The average Bonchev–Trinajstić information content (AvgIpc) is 3.16. The summed E-state index contributed by atoms with van der Waals surface area (Å²) >= 11 is 0. The monoisotopic (exact) mass is 467 g/mol. The van der Waals surface area contributed by atoms with Crippen molar-refractivity contribution in [3.05, 3.63) is 59.7 Å². The molecule has 2 atom stereocenters. The molecule has 0 heterocycles. The number of nitrogens with two attached hydrogens (primary N) is 1. The maximum absolute atomic E-state index is 12.6. The molecule has 1 unspecified atom stereocenters. The molecule has 1 saturated carbocycles. The second-order valence-electron chi connectivity index (χ2n) is 9.28. The molecule has 2 aliphatic carbocycles. The minimum atomic E-state index is -1.33. The van der Waals surface area contributed by atoms with Crippen molar-refractivity contribution in [1.29, 1.82) is 0 Å². The van der Waals surface area contributed by atoms with Crippen molar-refractivity contribution in [2.45, 2.75) is 56.7 Å². The number of nitrogens with zero attached hydrogens (tertiary/aromatic N) is 1. The number of rotatable bonds is 9. The fourth-order valence-electron chi connectivity index (χ4n) is 5.25. The van der Waals surface area contributed by atoms with Crippen molar-refractivity contribution in [1.82, 2.24) is 10.4 Å². The van der Waals surface area contributed by atoms with Gasteiger partial charge in [-0.15, -0.1) is 0 Å². The van der Waals surface area contributed by atoms with Crippen molar-refractivity contribution in [3.63, 3.8) is 0 Å². The minimum Gasteiger partial charge on any atom is -0.480 e. The third-order valence-electron chi connectivity index (χ3n) is 6.92. The number of aliphatic hydroxyl groups excluding tert-OH is 1. The molecule has 182 valence electrons. The van der Waals surface area contributed by atoms with Gasteiger partial charge in [0.25, 0.3) is 0 Å². The number of carboxylic acids is 1. The molecule has 34 heavy (non-hydrogen) atoms. The van der Waals surface area contributed by atoms with Crippen LogP contribution < -0.4 is 11.2 Å². The first-order valence-corrected chi connectivity index (χ1v) is 12.0. The molecule has 1 fully saturated rings. The van der Waals surface area contributed by atoms with Crippen molar-refractivity contribution in [2.24, 2.45) is 11.7 Å². The van der Waals surface area contributed by atoms with Gasteiger partial charge in [0.05, 0.1) is 0 Å². The number of carbonyl (C=O) groups excluding carboxylic acids is 1. The summed E-state index contributed by atoms with van der Waals surface area (Å²) in [7, 11) is 0. The van der Waals surface area contributed by atoms with E-state index in [1.54, 1.807) is 0 Å². The molecule has 0 radical (unpaired) electrons. The zero-order chi connectivity index (χ0) is 24.1. The molecule has 4 rings (SSSR count). The van der Waals surface area contributed by atoms with Crippen LogP contribution in [0, 0.1) is 5.92 Å². The summed E-state index contributed by atoms with van der Waals surface area (Å²) in [6, 6.07) is 15.3. The standard InChI is InChI=1S/C26H33N3O5/c27-23(14-17-8-2-1-3-9-17)25(32)29(15-24(30)31)28-26(33)34-16-22-20-12-6-4-10-18(20)19-11-5-7-13-21(19)22/h4-7,10-13,17,22-23,25,32H,1-3,8-9,14-16,27H2,(H,28,33)(H,30,31)/t23-,25?/m0/s1. The summed E-state index contributed by atoms with van der Waals surface area (Å²) in [5, 5.41) is 21.0. The Hall–Kier alpha value is -2.94. The number of ether oxygens (including phenoxy) is 1. The third kappa shape index (κ3) is 5.58. The molecule has 2 aromatic carbocycles. The van der Waals surface area contributed by atoms with E-state index in [1.807, 2.05) is 48.5 Å². The highest BCUT2D eigenvalue weighted by atomic mass is 16.6. The first-order valence-electron chi connectivity index (χ1n) is 12.0. The van der Waals surface area contributed by atoms with Gasteiger partial charge in [-0.2, -0.15) is 5.01 Å². The van der Waals surface area contributed by atoms with Crippen LogP contribution in [0.5, 0.6) is 0 Å². The van der Waals surface area contributed by atoms with E-state index in [4.69, 9.17) is 10.5 Å². The van der Waals surface area contributed by atoms with E-state index in [0.717, 1.165) is 52.9 Å². The Morgan fingerprint density at radius 2 is 1.62 bits per heavy atom. The number of fused-ring (bicyclic) bond motifs is 3. The quantitative estimate of drug-likeness (QED) is 0.329. The number of hydrogen-bond acceptors (Lipinski definition) is 6. The second kappa shape index (κ2) is 11.0. The molecule has 2 aliphatic rings. The highest BCUT2D eigenvalue weighted by Gasteiger charge is 2.31. The molecule has 2 aromatic rings. The Balaban J connectivity index is 1.38. The van der Waals surface area contributed by atoms with E-state index < -0.39 is 30.9 Å². The molecular formula is C26H33N3O5. The van der Waals surface area contributed by atoms with Crippen LogP contribution in [0.2, 0.25) is 0 Å². The third-order valence-corrected chi connectivity index (χ3v) is 6.92. The lowest BCUT2D eigenvalue weighted by Gasteiger charge is -2.33. The summed E-state index contributed by atoms with van der Waals surface area (Å²) in [5.74, 6) is -0.910. The largest absolute Gasteiger partial charge is 0.480 e. The predicted molar refractivity (Wildman–Crippen MR) is 128 cm³/mol. The Labute approximate surface area is 199 Å².